The number of carbonyl (C=O) groups is 2. The number of ether oxygens (including phenoxy) is 1. The van der Waals surface area contributed by atoms with Gasteiger partial charge in [-0.3, -0.25) is 9.78 Å². The van der Waals surface area contributed by atoms with Gasteiger partial charge in [0.1, 0.15) is 5.82 Å². The van der Waals surface area contributed by atoms with Crippen LogP contribution >= 0.6 is 0 Å². The molecule has 0 fully saturated rings. The highest BCUT2D eigenvalue weighted by molar-refractivity contribution is 5.92. The third-order valence-electron chi connectivity index (χ3n) is 4.70. The standard InChI is InChI=1S/C24H23FN2O3/c1-3-27(15-18-8-7-11-20(25)14-18)23(28)16-30-24(29)21-12-13-22(26-17(21)2)19-9-5-4-6-10-19/h4-14H,3,15-16H2,1-2H3. The van der Waals surface area contributed by atoms with E-state index in [1.165, 1.54) is 17.0 Å². The van der Waals surface area contributed by atoms with Crippen molar-refractivity contribution in [3.05, 3.63) is 89.4 Å². The van der Waals surface area contributed by atoms with Crippen LogP contribution in [0.25, 0.3) is 11.3 Å². The molecule has 0 aliphatic rings. The van der Waals surface area contributed by atoms with Crippen molar-refractivity contribution in [2.45, 2.75) is 20.4 Å². The Bertz CT molecular complexity index is 1040. The first-order valence-electron chi connectivity index (χ1n) is 9.70. The van der Waals surface area contributed by atoms with E-state index in [2.05, 4.69) is 4.98 Å². The first-order valence-corrected chi connectivity index (χ1v) is 9.70. The molecule has 1 amide bonds. The Kier molecular flexibility index (Phi) is 6.91. The van der Waals surface area contributed by atoms with Crippen LogP contribution in [0.15, 0.2) is 66.7 Å². The molecule has 0 bridgehead atoms. The smallest absolute Gasteiger partial charge is 0.340 e. The van der Waals surface area contributed by atoms with Gasteiger partial charge in [0.2, 0.25) is 0 Å². The van der Waals surface area contributed by atoms with Crippen molar-refractivity contribution >= 4 is 11.9 Å². The van der Waals surface area contributed by atoms with Crippen molar-refractivity contribution in [2.75, 3.05) is 13.2 Å². The van der Waals surface area contributed by atoms with E-state index in [1.807, 2.05) is 37.3 Å². The average Bonchev–Trinajstić information content (AvgIpc) is 2.76. The molecule has 0 aliphatic carbocycles. The third kappa shape index (κ3) is 5.29. The lowest BCUT2D eigenvalue weighted by Crippen LogP contribution is -2.34. The maximum Gasteiger partial charge on any atom is 0.340 e. The van der Waals surface area contributed by atoms with Crippen LogP contribution in [0, 0.1) is 12.7 Å². The molecule has 0 N–H and O–H groups in total. The van der Waals surface area contributed by atoms with Crippen LogP contribution in [0.4, 0.5) is 4.39 Å². The zero-order chi connectivity index (χ0) is 21.5. The van der Waals surface area contributed by atoms with Crippen LogP contribution in [0.3, 0.4) is 0 Å². The van der Waals surface area contributed by atoms with Crippen LogP contribution in [0.2, 0.25) is 0 Å². The summed E-state index contributed by atoms with van der Waals surface area (Å²) >= 11 is 0. The normalized spacial score (nSPS) is 10.5. The number of esters is 1. The number of amides is 1. The van der Waals surface area contributed by atoms with Gasteiger partial charge in [-0.1, -0.05) is 42.5 Å². The number of carbonyl (C=O) groups excluding carboxylic acids is 2. The predicted octanol–water partition coefficient (Wildman–Crippen LogP) is 4.40. The summed E-state index contributed by atoms with van der Waals surface area (Å²) in [6.45, 7) is 3.82. The minimum absolute atomic E-state index is 0.247. The molecule has 0 aliphatic heterocycles. The Morgan fingerprint density at radius 1 is 1.03 bits per heavy atom. The van der Waals surface area contributed by atoms with Crippen LogP contribution in [0.1, 0.15) is 28.5 Å². The van der Waals surface area contributed by atoms with Crippen LogP contribution < -0.4 is 0 Å². The Labute approximate surface area is 175 Å². The number of pyridine rings is 1. The molecule has 0 saturated carbocycles. The van der Waals surface area contributed by atoms with E-state index in [9.17, 15) is 14.0 Å². The molecule has 5 nitrogen and oxygen atoms in total. The summed E-state index contributed by atoms with van der Waals surface area (Å²) in [5.41, 5.74) is 3.23. The first-order chi connectivity index (χ1) is 14.5. The van der Waals surface area contributed by atoms with Gasteiger partial charge < -0.3 is 9.64 Å². The maximum atomic E-state index is 13.4. The maximum absolute atomic E-state index is 13.4. The van der Waals surface area contributed by atoms with Crippen molar-refractivity contribution in [3.8, 4) is 11.3 Å². The molecule has 0 saturated heterocycles. The van der Waals surface area contributed by atoms with E-state index < -0.39 is 5.97 Å². The Balaban J connectivity index is 1.62. The summed E-state index contributed by atoms with van der Waals surface area (Å²) in [6.07, 6.45) is 0. The zero-order valence-electron chi connectivity index (χ0n) is 17.0. The molecule has 154 valence electrons. The molecule has 3 aromatic rings. The Morgan fingerprint density at radius 3 is 2.47 bits per heavy atom. The van der Waals surface area contributed by atoms with Crippen molar-refractivity contribution in [2.24, 2.45) is 0 Å². The molecule has 1 heterocycles. The number of aromatic nitrogens is 1. The van der Waals surface area contributed by atoms with Gasteiger partial charge in [-0.15, -0.1) is 0 Å². The van der Waals surface area contributed by atoms with Crippen LogP contribution in [-0.2, 0) is 16.1 Å². The number of halogens is 1. The fraction of sp³-hybridized carbons (Fsp3) is 0.208. The Morgan fingerprint density at radius 2 is 1.80 bits per heavy atom. The van der Waals surface area contributed by atoms with Crippen molar-refractivity contribution in [3.63, 3.8) is 0 Å². The molecule has 30 heavy (non-hydrogen) atoms. The summed E-state index contributed by atoms with van der Waals surface area (Å²) in [6, 6.07) is 19.1. The number of hydrogen-bond acceptors (Lipinski definition) is 4. The van der Waals surface area contributed by atoms with Gasteiger partial charge in [0, 0.05) is 18.7 Å². The fourth-order valence-electron chi connectivity index (χ4n) is 3.07. The highest BCUT2D eigenvalue weighted by atomic mass is 19.1. The van der Waals surface area contributed by atoms with E-state index in [4.69, 9.17) is 4.74 Å². The molecule has 0 spiro atoms. The van der Waals surface area contributed by atoms with Gasteiger partial charge in [-0.25, -0.2) is 9.18 Å². The van der Waals surface area contributed by atoms with E-state index in [0.29, 0.717) is 23.4 Å². The van der Waals surface area contributed by atoms with Crippen molar-refractivity contribution < 1.29 is 18.7 Å². The minimum atomic E-state index is -0.602. The number of benzene rings is 2. The number of rotatable bonds is 7. The summed E-state index contributed by atoms with van der Waals surface area (Å²) in [5, 5.41) is 0. The molecular formula is C24H23FN2O3. The van der Waals surface area contributed by atoms with Gasteiger partial charge >= 0.3 is 5.97 Å². The summed E-state index contributed by atoms with van der Waals surface area (Å²) in [4.78, 5) is 30.9. The topological polar surface area (TPSA) is 59.5 Å². The highest BCUT2D eigenvalue weighted by Crippen LogP contribution is 2.19. The van der Waals surface area contributed by atoms with E-state index in [0.717, 1.165) is 11.3 Å². The second kappa shape index (κ2) is 9.78. The van der Waals surface area contributed by atoms with Gasteiger partial charge in [-0.05, 0) is 43.7 Å². The second-order valence-corrected chi connectivity index (χ2v) is 6.81. The van der Waals surface area contributed by atoms with Crippen LogP contribution in [0.5, 0.6) is 0 Å². The van der Waals surface area contributed by atoms with E-state index in [1.54, 1.807) is 31.2 Å². The summed E-state index contributed by atoms with van der Waals surface area (Å²) in [5.74, 6) is -1.30. The second-order valence-electron chi connectivity index (χ2n) is 6.81. The van der Waals surface area contributed by atoms with E-state index in [-0.39, 0.29) is 24.9 Å². The number of nitrogens with zero attached hydrogens (tertiary/aromatic N) is 2. The lowest BCUT2D eigenvalue weighted by Gasteiger charge is -2.21. The summed E-state index contributed by atoms with van der Waals surface area (Å²) in [7, 11) is 0. The van der Waals surface area contributed by atoms with Crippen molar-refractivity contribution in [1.82, 2.24) is 9.88 Å². The number of aryl methyl sites for hydroxylation is 1. The molecule has 0 atom stereocenters. The third-order valence-corrected chi connectivity index (χ3v) is 4.70. The van der Waals surface area contributed by atoms with Crippen molar-refractivity contribution in [1.29, 1.82) is 0 Å². The number of hydrogen-bond donors (Lipinski definition) is 0. The van der Waals surface area contributed by atoms with E-state index >= 15 is 0 Å². The quantitative estimate of drug-likeness (QED) is 0.546. The molecule has 6 heteroatoms. The van der Waals surface area contributed by atoms with Gasteiger partial charge in [-0.2, -0.15) is 0 Å². The molecule has 3 rings (SSSR count). The lowest BCUT2D eigenvalue weighted by atomic mass is 10.1. The molecule has 0 radical (unpaired) electrons. The molecule has 1 aromatic heterocycles. The SMILES string of the molecule is CCN(Cc1cccc(F)c1)C(=O)COC(=O)c1ccc(-c2ccccc2)nc1C. The largest absolute Gasteiger partial charge is 0.452 e. The predicted molar refractivity (Wildman–Crippen MR) is 112 cm³/mol. The monoisotopic (exact) mass is 406 g/mol. The van der Waals surface area contributed by atoms with Crippen LogP contribution in [-0.4, -0.2) is 34.9 Å². The van der Waals surface area contributed by atoms with Gasteiger partial charge in [0.05, 0.1) is 17.0 Å². The Hall–Kier alpha value is -3.54. The summed E-state index contributed by atoms with van der Waals surface area (Å²) < 4.78 is 18.6. The lowest BCUT2D eigenvalue weighted by molar-refractivity contribution is -0.134. The zero-order valence-corrected chi connectivity index (χ0v) is 17.0. The molecule has 0 unspecified atom stereocenters. The highest BCUT2D eigenvalue weighted by Gasteiger charge is 2.18. The fourth-order valence-corrected chi connectivity index (χ4v) is 3.07. The molecular weight excluding hydrogens is 383 g/mol. The number of likely N-dealkylation sites (N-methyl/N-ethyl adjacent to an activating group) is 1. The molecule has 2 aromatic carbocycles. The van der Waals surface area contributed by atoms with Gasteiger partial charge in [0.25, 0.3) is 5.91 Å². The average molecular weight is 406 g/mol. The first kappa shape index (κ1) is 21.2. The minimum Gasteiger partial charge on any atom is -0.452 e. The van der Waals surface area contributed by atoms with Gasteiger partial charge in [0.15, 0.2) is 6.61 Å².